The number of nitrogens with one attached hydrogen (secondary N) is 1. The van der Waals surface area contributed by atoms with E-state index in [0.29, 0.717) is 6.04 Å². The Hall–Kier alpha value is -0.900. The summed E-state index contributed by atoms with van der Waals surface area (Å²) in [5.74, 6) is 1.90. The molecule has 1 aliphatic carbocycles. The van der Waals surface area contributed by atoms with Gasteiger partial charge in [-0.3, -0.25) is 0 Å². The third-order valence-corrected chi connectivity index (χ3v) is 3.02. The van der Waals surface area contributed by atoms with Crippen molar-refractivity contribution >= 4 is 0 Å². The third-order valence-electron chi connectivity index (χ3n) is 3.02. The van der Waals surface area contributed by atoms with Crippen molar-refractivity contribution in [3.8, 4) is 0 Å². The lowest BCUT2D eigenvalue weighted by molar-refractivity contribution is 0.262. The van der Waals surface area contributed by atoms with E-state index in [1.54, 1.807) is 6.33 Å². The molecular weight excluding hydrogens is 188 g/mol. The SMILES string of the molecule is CC(C)NCc1ncnn1CC1CCC1. The standard InChI is InChI=1S/C11H20N4/c1-9(2)12-6-11-13-8-14-15(11)7-10-4-3-5-10/h8-10,12H,3-7H2,1-2H3. The van der Waals surface area contributed by atoms with Gasteiger partial charge in [0.1, 0.15) is 12.2 Å². The molecule has 0 spiro atoms. The van der Waals surface area contributed by atoms with Crippen molar-refractivity contribution in [1.29, 1.82) is 0 Å². The first-order chi connectivity index (χ1) is 7.25. The fourth-order valence-corrected chi connectivity index (χ4v) is 1.79. The average molecular weight is 208 g/mol. The minimum absolute atomic E-state index is 0.499. The van der Waals surface area contributed by atoms with Crippen LogP contribution >= 0.6 is 0 Å². The minimum atomic E-state index is 0.499. The van der Waals surface area contributed by atoms with Crippen LogP contribution in [0, 0.1) is 5.92 Å². The van der Waals surface area contributed by atoms with E-state index in [4.69, 9.17) is 0 Å². The van der Waals surface area contributed by atoms with Crippen LogP contribution in [0.3, 0.4) is 0 Å². The van der Waals surface area contributed by atoms with Gasteiger partial charge in [-0.1, -0.05) is 20.3 Å². The summed E-state index contributed by atoms with van der Waals surface area (Å²) in [6.45, 7) is 6.17. The first kappa shape index (κ1) is 10.6. The maximum atomic E-state index is 4.29. The van der Waals surface area contributed by atoms with Crippen molar-refractivity contribution in [3.05, 3.63) is 12.2 Å². The van der Waals surface area contributed by atoms with E-state index in [9.17, 15) is 0 Å². The monoisotopic (exact) mass is 208 g/mol. The zero-order valence-corrected chi connectivity index (χ0v) is 9.61. The molecule has 1 N–H and O–H groups in total. The molecule has 1 aromatic heterocycles. The summed E-state index contributed by atoms with van der Waals surface area (Å²) in [4.78, 5) is 4.29. The highest BCUT2D eigenvalue weighted by Gasteiger charge is 2.19. The molecule has 1 fully saturated rings. The van der Waals surface area contributed by atoms with Gasteiger partial charge in [-0.25, -0.2) is 9.67 Å². The maximum Gasteiger partial charge on any atom is 0.140 e. The second kappa shape index (κ2) is 4.75. The quantitative estimate of drug-likeness (QED) is 0.799. The van der Waals surface area contributed by atoms with Gasteiger partial charge in [-0.2, -0.15) is 5.10 Å². The largest absolute Gasteiger partial charge is 0.308 e. The number of hydrogen-bond donors (Lipinski definition) is 1. The van der Waals surface area contributed by atoms with Gasteiger partial charge < -0.3 is 5.32 Å². The molecule has 0 unspecified atom stereocenters. The average Bonchev–Trinajstić information content (AvgIpc) is 2.55. The predicted molar refractivity (Wildman–Crippen MR) is 59.3 cm³/mol. The first-order valence-electron chi connectivity index (χ1n) is 5.86. The van der Waals surface area contributed by atoms with Crippen LogP contribution in [0.25, 0.3) is 0 Å². The first-order valence-corrected chi connectivity index (χ1v) is 5.86. The number of aromatic nitrogens is 3. The summed E-state index contributed by atoms with van der Waals surface area (Å²) < 4.78 is 2.05. The van der Waals surface area contributed by atoms with Crippen LogP contribution in [0.4, 0.5) is 0 Å². The molecule has 0 aromatic carbocycles. The fourth-order valence-electron chi connectivity index (χ4n) is 1.79. The molecule has 1 saturated carbocycles. The topological polar surface area (TPSA) is 42.7 Å². The van der Waals surface area contributed by atoms with Gasteiger partial charge in [0.15, 0.2) is 0 Å². The molecule has 0 bridgehead atoms. The molecule has 0 amide bonds. The predicted octanol–water partition coefficient (Wildman–Crippen LogP) is 1.58. The van der Waals surface area contributed by atoms with E-state index in [2.05, 4.69) is 33.9 Å². The molecule has 15 heavy (non-hydrogen) atoms. The van der Waals surface area contributed by atoms with Crippen LogP contribution in [0.15, 0.2) is 6.33 Å². The highest BCUT2D eigenvalue weighted by atomic mass is 15.3. The summed E-state index contributed by atoms with van der Waals surface area (Å²) in [7, 11) is 0. The molecule has 1 aromatic rings. The Morgan fingerprint density at radius 1 is 1.53 bits per heavy atom. The van der Waals surface area contributed by atoms with Crippen LogP contribution in [0.2, 0.25) is 0 Å². The van der Waals surface area contributed by atoms with Crippen LogP contribution in [-0.4, -0.2) is 20.8 Å². The number of hydrogen-bond acceptors (Lipinski definition) is 3. The van der Waals surface area contributed by atoms with Gasteiger partial charge in [0, 0.05) is 12.6 Å². The Morgan fingerprint density at radius 2 is 2.33 bits per heavy atom. The van der Waals surface area contributed by atoms with Gasteiger partial charge in [0.25, 0.3) is 0 Å². The fraction of sp³-hybridized carbons (Fsp3) is 0.818. The highest BCUT2D eigenvalue weighted by Crippen LogP contribution is 2.27. The molecule has 4 nitrogen and oxygen atoms in total. The van der Waals surface area contributed by atoms with Gasteiger partial charge >= 0.3 is 0 Å². The Balaban J connectivity index is 1.89. The Morgan fingerprint density at radius 3 is 2.93 bits per heavy atom. The lowest BCUT2D eigenvalue weighted by Gasteiger charge is -2.25. The molecule has 0 radical (unpaired) electrons. The van der Waals surface area contributed by atoms with E-state index >= 15 is 0 Å². The van der Waals surface area contributed by atoms with E-state index in [-0.39, 0.29) is 0 Å². The van der Waals surface area contributed by atoms with Crippen molar-refractivity contribution in [1.82, 2.24) is 20.1 Å². The molecular formula is C11H20N4. The second-order valence-electron chi connectivity index (χ2n) is 4.69. The van der Waals surface area contributed by atoms with Crippen molar-refractivity contribution in [3.63, 3.8) is 0 Å². The summed E-state index contributed by atoms with van der Waals surface area (Å²) in [6, 6.07) is 0.499. The van der Waals surface area contributed by atoms with Crippen LogP contribution in [0.5, 0.6) is 0 Å². The lowest BCUT2D eigenvalue weighted by Crippen LogP contribution is -2.26. The molecule has 84 valence electrons. The van der Waals surface area contributed by atoms with Crippen LogP contribution < -0.4 is 5.32 Å². The maximum absolute atomic E-state index is 4.29. The molecule has 1 aliphatic rings. The van der Waals surface area contributed by atoms with Crippen molar-refractivity contribution in [2.45, 2.75) is 52.2 Å². The Bertz CT molecular complexity index is 301. The number of rotatable bonds is 5. The van der Waals surface area contributed by atoms with E-state index < -0.39 is 0 Å². The van der Waals surface area contributed by atoms with Crippen LogP contribution in [-0.2, 0) is 13.1 Å². The van der Waals surface area contributed by atoms with Gasteiger partial charge in [-0.15, -0.1) is 0 Å². The summed E-state index contributed by atoms with van der Waals surface area (Å²) in [5.41, 5.74) is 0. The van der Waals surface area contributed by atoms with Crippen molar-refractivity contribution < 1.29 is 0 Å². The minimum Gasteiger partial charge on any atom is -0.308 e. The Labute approximate surface area is 91.1 Å². The highest BCUT2D eigenvalue weighted by molar-refractivity contribution is 4.86. The third kappa shape index (κ3) is 2.78. The summed E-state index contributed by atoms with van der Waals surface area (Å²) >= 11 is 0. The van der Waals surface area contributed by atoms with E-state index in [1.165, 1.54) is 19.3 Å². The molecule has 0 aliphatic heterocycles. The van der Waals surface area contributed by atoms with Crippen LogP contribution in [0.1, 0.15) is 38.9 Å². The van der Waals surface area contributed by atoms with E-state index in [1.807, 2.05) is 0 Å². The summed E-state index contributed by atoms with van der Waals surface area (Å²) in [5, 5.41) is 7.66. The second-order valence-corrected chi connectivity index (χ2v) is 4.69. The summed E-state index contributed by atoms with van der Waals surface area (Å²) in [6.07, 6.45) is 5.77. The van der Waals surface area contributed by atoms with Gasteiger partial charge in [-0.05, 0) is 18.8 Å². The number of nitrogens with zero attached hydrogens (tertiary/aromatic N) is 3. The zero-order valence-electron chi connectivity index (χ0n) is 9.61. The molecule has 0 saturated heterocycles. The van der Waals surface area contributed by atoms with Crippen molar-refractivity contribution in [2.75, 3.05) is 0 Å². The van der Waals surface area contributed by atoms with Gasteiger partial charge in [0.2, 0.25) is 0 Å². The van der Waals surface area contributed by atoms with E-state index in [0.717, 1.165) is 24.8 Å². The lowest BCUT2D eigenvalue weighted by atomic mass is 9.85. The van der Waals surface area contributed by atoms with Crippen molar-refractivity contribution in [2.24, 2.45) is 5.92 Å². The van der Waals surface area contributed by atoms with Gasteiger partial charge in [0.05, 0.1) is 6.54 Å². The Kier molecular flexibility index (Phi) is 3.36. The molecule has 4 heteroatoms. The molecule has 1 heterocycles. The smallest absolute Gasteiger partial charge is 0.140 e. The molecule has 0 atom stereocenters. The normalized spacial score (nSPS) is 17.0. The molecule has 2 rings (SSSR count). The zero-order chi connectivity index (χ0) is 10.7.